The molecule has 1 aliphatic rings. The summed E-state index contributed by atoms with van der Waals surface area (Å²) in [6.07, 6.45) is 1.39. The topological polar surface area (TPSA) is 118 Å². The van der Waals surface area contributed by atoms with Crippen molar-refractivity contribution >= 4 is 54.7 Å². The summed E-state index contributed by atoms with van der Waals surface area (Å²) in [4.78, 5) is 29.5. The zero-order valence-electron chi connectivity index (χ0n) is 21.1. The van der Waals surface area contributed by atoms with Gasteiger partial charge >= 0.3 is 5.69 Å². The van der Waals surface area contributed by atoms with Crippen molar-refractivity contribution in [3.8, 4) is 17.2 Å². The largest absolute Gasteiger partial charge is 0.481 e. The van der Waals surface area contributed by atoms with E-state index in [1.165, 1.54) is 17.0 Å². The van der Waals surface area contributed by atoms with Crippen molar-refractivity contribution < 1.29 is 19.1 Å². The standard InChI is InChI=1S/C27H22Br2N4O6/c1-27(2,3)26-31-20-6-5-17(28)11-18(20)25(34)32(26)30-12-16-8-19(29)24(21(9-16)33(35)36)37-13-15-4-7-22-23(10-15)39-14-38-22/h4-12H,13-14H2,1-3H3. The molecule has 3 aromatic carbocycles. The van der Waals surface area contributed by atoms with Gasteiger partial charge in [0.2, 0.25) is 12.5 Å². The summed E-state index contributed by atoms with van der Waals surface area (Å²) < 4.78 is 18.9. The molecule has 39 heavy (non-hydrogen) atoms. The van der Waals surface area contributed by atoms with Crippen LogP contribution in [0.3, 0.4) is 0 Å². The van der Waals surface area contributed by atoms with Gasteiger partial charge in [0.15, 0.2) is 11.5 Å². The number of halogens is 2. The number of rotatable bonds is 6. The lowest BCUT2D eigenvalue weighted by atomic mass is 9.95. The molecule has 12 heteroatoms. The van der Waals surface area contributed by atoms with Gasteiger partial charge in [-0.05, 0) is 57.9 Å². The summed E-state index contributed by atoms with van der Waals surface area (Å²) in [6, 6.07) is 13.6. The van der Waals surface area contributed by atoms with E-state index in [-0.39, 0.29) is 30.4 Å². The summed E-state index contributed by atoms with van der Waals surface area (Å²) in [5, 5.41) is 16.7. The van der Waals surface area contributed by atoms with E-state index in [1.807, 2.05) is 26.8 Å². The zero-order chi connectivity index (χ0) is 27.9. The molecule has 0 saturated carbocycles. The molecule has 0 spiro atoms. The minimum atomic E-state index is -0.529. The molecule has 0 saturated heterocycles. The van der Waals surface area contributed by atoms with Gasteiger partial charge in [0.25, 0.3) is 5.56 Å². The minimum Gasteiger partial charge on any atom is -0.481 e. The Hall–Kier alpha value is -3.77. The molecule has 0 bridgehead atoms. The second-order valence-corrected chi connectivity index (χ2v) is 11.6. The number of benzene rings is 3. The Morgan fingerprint density at radius 2 is 1.90 bits per heavy atom. The fourth-order valence-corrected chi connectivity index (χ4v) is 4.95. The van der Waals surface area contributed by atoms with Gasteiger partial charge in [-0.1, -0.05) is 42.8 Å². The first-order chi connectivity index (χ1) is 18.5. The van der Waals surface area contributed by atoms with Gasteiger partial charge < -0.3 is 14.2 Å². The molecular formula is C27H22Br2N4O6. The molecule has 200 valence electrons. The highest BCUT2D eigenvalue weighted by Gasteiger charge is 2.24. The monoisotopic (exact) mass is 656 g/mol. The van der Waals surface area contributed by atoms with Crippen LogP contribution in [-0.2, 0) is 12.0 Å². The molecule has 4 aromatic rings. The van der Waals surface area contributed by atoms with Crippen LogP contribution in [0.2, 0.25) is 0 Å². The Balaban J connectivity index is 1.50. The maximum Gasteiger partial charge on any atom is 0.312 e. The van der Waals surface area contributed by atoms with Crippen LogP contribution in [0.25, 0.3) is 10.9 Å². The Labute approximate surface area is 239 Å². The number of fused-ring (bicyclic) bond motifs is 2. The van der Waals surface area contributed by atoms with Gasteiger partial charge in [0.05, 0.1) is 26.5 Å². The van der Waals surface area contributed by atoms with Crippen LogP contribution < -0.4 is 19.8 Å². The van der Waals surface area contributed by atoms with E-state index in [0.29, 0.717) is 38.3 Å². The van der Waals surface area contributed by atoms with Gasteiger partial charge in [-0.2, -0.15) is 9.78 Å². The van der Waals surface area contributed by atoms with Crippen molar-refractivity contribution in [2.45, 2.75) is 32.8 Å². The molecule has 0 unspecified atom stereocenters. The maximum atomic E-state index is 13.4. The lowest BCUT2D eigenvalue weighted by Crippen LogP contribution is -2.29. The highest BCUT2D eigenvalue weighted by atomic mass is 79.9. The summed E-state index contributed by atoms with van der Waals surface area (Å²) in [7, 11) is 0. The van der Waals surface area contributed by atoms with Gasteiger partial charge in [0, 0.05) is 21.5 Å². The quantitative estimate of drug-likeness (QED) is 0.135. The Kier molecular flexibility index (Phi) is 7.17. The number of nitro groups is 1. The lowest BCUT2D eigenvalue weighted by Gasteiger charge is -2.20. The molecule has 0 aliphatic carbocycles. The second kappa shape index (κ2) is 10.4. The fraction of sp³-hybridized carbons (Fsp3) is 0.222. The average molecular weight is 658 g/mol. The minimum absolute atomic E-state index is 0.0691. The van der Waals surface area contributed by atoms with Gasteiger partial charge in [-0.15, -0.1) is 0 Å². The third-order valence-corrected chi connectivity index (χ3v) is 6.95. The Morgan fingerprint density at radius 1 is 1.13 bits per heavy atom. The van der Waals surface area contributed by atoms with Crippen LogP contribution in [0.5, 0.6) is 17.2 Å². The van der Waals surface area contributed by atoms with Gasteiger partial charge in [-0.25, -0.2) is 4.98 Å². The van der Waals surface area contributed by atoms with Crippen LogP contribution in [0.4, 0.5) is 5.69 Å². The van der Waals surface area contributed by atoms with E-state index >= 15 is 0 Å². The molecule has 10 nitrogen and oxygen atoms in total. The molecule has 0 amide bonds. The first kappa shape index (κ1) is 26.8. The van der Waals surface area contributed by atoms with E-state index in [9.17, 15) is 14.9 Å². The van der Waals surface area contributed by atoms with Crippen LogP contribution in [0.15, 0.2) is 67.4 Å². The number of hydrogen-bond acceptors (Lipinski definition) is 8. The molecule has 5 rings (SSSR count). The molecule has 2 heterocycles. The average Bonchev–Trinajstić information content (AvgIpc) is 3.35. The first-order valence-electron chi connectivity index (χ1n) is 11.8. The predicted molar refractivity (Wildman–Crippen MR) is 153 cm³/mol. The number of aromatic nitrogens is 2. The van der Waals surface area contributed by atoms with Crippen molar-refractivity contribution in [1.29, 1.82) is 0 Å². The summed E-state index contributed by atoms with van der Waals surface area (Å²) in [5.41, 5.74) is 0.606. The Bertz CT molecular complexity index is 1710. The zero-order valence-corrected chi connectivity index (χ0v) is 24.3. The van der Waals surface area contributed by atoms with Crippen molar-refractivity contribution in [2.75, 3.05) is 6.79 Å². The van der Waals surface area contributed by atoms with E-state index in [0.717, 1.165) is 10.0 Å². The second-order valence-electron chi connectivity index (χ2n) is 9.79. The van der Waals surface area contributed by atoms with Gasteiger partial charge in [-0.3, -0.25) is 14.9 Å². The van der Waals surface area contributed by atoms with Crippen molar-refractivity contribution in [1.82, 2.24) is 9.66 Å². The van der Waals surface area contributed by atoms with Crippen LogP contribution in [-0.4, -0.2) is 27.6 Å². The molecule has 0 N–H and O–H groups in total. The molecule has 0 fully saturated rings. The van der Waals surface area contributed by atoms with E-state index in [2.05, 4.69) is 41.9 Å². The Morgan fingerprint density at radius 3 is 2.64 bits per heavy atom. The highest BCUT2D eigenvalue weighted by molar-refractivity contribution is 9.10. The number of nitrogens with zero attached hydrogens (tertiary/aromatic N) is 4. The normalized spacial score (nSPS) is 12.8. The number of ether oxygens (including phenoxy) is 3. The molecule has 0 atom stereocenters. The lowest BCUT2D eigenvalue weighted by molar-refractivity contribution is -0.386. The van der Waals surface area contributed by atoms with Crippen LogP contribution >= 0.6 is 31.9 Å². The number of nitro benzene ring substituents is 1. The van der Waals surface area contributed by atoms with Crippen LogP contribution in [0, 0.1) is 10.1 Å². The maximum absolute atomic E-state index is 13.4. The SMILES string of the molecule is CC(C)(C)c1nc2ccc(Br)cc2c(=O)n1N=Cc1cc(Br)c(OCc2ccc3c(c2)OCO3)c([N+](=O)[O-])c1. The third-order valence-electron chi connectivity index (χ3n) is 5.86. The molecule has 1 aromatic heterocycles. The summed E-state index contributed by atoms with van der Waals surface area (Å²) in [6.45, 7) is 6.01. The fourth-order valence-electron chi connectivity index (χ4n) is 4.00. The van der Waals surface area contributed by atoms with E-state index in [1.54, 1.807) is 36.4 Å². The predicted octanol–water partition coefficient (Wildman–Crippen LogP) is 6.32. The van der Waals surface area contributed by atoms with E-state index < -0.39 is 10.3 Å². The molecular weight excluding hydrogens is 636 g/mol. The van der Waals surface area contributed by atoms with Crippen molar-refractivity contribution in [3.05, 3.63) is 94.9 Å². The van der Waals surface area contributed by atoms with Gasteiger partial charge in [0.1, 0.15) is 12.4 Å². The first-order valence-corrected chi connectivity index (χ1v) is 13.4. The third kappa shape index (κ3) is 5.52. The number of hydrogen-bond donors (Lipinski definition) is 0. The molecule has 1 aliphatic heterocycles. The summed E-state index contributed by atoms with van der Waals surface area (Å²) >= 11 is 6.79. The van der Waals surface area contributed by atoms with Crippen molar-refractivity contribution in [3.63, 3.8) is 0 Å². The smallest absolute Gasteiger partial charge is 0.312 e. The summed E-state index contributed by atoms with van der Waals surface area (Å²) in [5.74, 6) is 1.75. The molecule has 0 radical (unpaired) electrons. The van der Waals surface area contributed by atoms with Crippen molar-refractivity contribution in [2.24, 2.45) is 5.10 Å². The van der Waals surface area contributed by atoms with Crippen LogP contribution in [0.1, 0.15) is 37.7 Å². The van der Waals surface area contributed by atoms with E-state index in [4.69, 9.17) is 14.2 Å². The highest BCUT2D eigenvalue weighted by Crippen LogP contribution is 2.38.